The molecule has 6 rings (SSSR count). The van der Waals surface area contributed by atoms with E-state index >= 15 is 0 Å². The molecular formula is C22H19N7. The van der Waals surface area contributed by atoms with Gasteiger partial charge in [0.1, 0.15) is 0 Å². The van der Waals surface area contributed by atoms with E-state index in [1.807, 2.05) is 30.2 Å². The fourth-order valence-electron chi connectivity index (χ4n) is 3.66. The Kier molecular flexibility index (Phi) is 3.43. The SMILES string of the molecule is Cc1[nH]nc2cc(-c3ccc4cnc(Nc5cnn(C6CC6)c5)nc4c3)ccc12. The maximum absolute atomic E-state index is 4.71. The molecule has 7 heteroatoms. The van der Waals surface area contributed by atoms with Crippen LogP contribution in [0.2, 0.25) is 0 Å². The third-order valence-corrected chi connectivity index (χ3v) is 5.44. The summed E-state index contributed by atoms with van der Waals surface area (Å²) in [6.45, 7) is 2.03. The van der Waals surface area contributed by atoms with Crippen LogP contribution in [0.1, 0.15) is 24.6 Å². The van der Waals surface area contributed by atoms with Gasteiger partial charge in [0.05, 0.1) is 29.0 Å². The van der Waals surface area contributed by atoms with Crippen LogP contribution in [-0.4, -0.2) is 29.9 Å². The maximum atomic E-state index is 4.71. The van der Waals surface area contributed by atoms with Crippen LogP contribution >= 0.6 is 0 Å². The fraction of sp³-hybridized carbons (Fsp3) is 0.182. The summed E-state index contributed by atoms with van der Waals surface area (Å²) in [7, 11) is 0. The number of rotatable bonds is 4. The number of anilines is 2. The lowest BCUT2D eigenvalue weighted by molar-refractivity contribution is 0.642. The molecule has 0 spiro atoms. The molecule has 5 aromatic rings. The Morgan fingerprint density at radius 2 is 1.86 bits per heavy atom. The maximum Gasteiger partial charge on any atom is 0.227 e. The molecule has 0 saturated heterocycles. The quantitative estimate of drug-likeness (QED) is 0.469. The van der Waals surface area contributed by atoms with Gasteiger partial charge in [-0.1, -0.05) is 24.3 Å². The third kappa shape index (κ3) is 2.91. The molecule has 3 aromatic heterocycles. The van der Waals surface area contributed by atoms with Gasteiger partial charge >= 0.3 is 0 Å². The normalized spacial score (nSPS) is 14.0. The summed E-state index contributed by atoms with van der Waals surface area (Å²) in [6, 6.07) is 13.1. The molecule has 2 N–H and O–H groups in total. The second-order valence-electron chi connectivity index (χ2n) is 7.61. The Morgan fingerprint density at radius 1 is 1.03 bits per heavy atom. The Balaban J connectivity index is 1.34. The number of hydrogen-bond acceptors (Lipinski definition) is 5. The van der Waals surface area contributed by atoms with E-state index < -0.39 is 0 Å². The predicted molar refractivity (Wildman–Crippen MR) is 113 cm³/mol. The molecule has 0 radical (unpaired) electrons. The van der Waals surface area contributed by atoms with Crippen molar-refractivity contribution in [2.24, 2.45) is 0 Å². The van der Waals surface area contributed by atoms with Crippen LogP contribution in [0.4, 0.5) is 11.6 Å². The van der Waals surface area contributed by atoms with Crippen molar-refractivity contribution < 1.29 is 0 Å². The fourth-order valence-corrected chi connectivity index (χ4v) is 3.66. The van der Waals surface area contributed by atoms with E-state index in [0.717, 1.165) is 44.3 Å². The van der Waals surface area contributed by atoms with Gasteiger partial charge < -0.3 is 5.32 Å². The van der Waals surface area contributed by atoms with E-state index in [4.69, 9.17) is 4.98 Å². The highest BCUT2D eigenvalue weighted by Gasteiger charge is 2.24. The van der Waals surface area contributed by atoms with Crippen LogP contribution < -0.4 is 5.32 Å². The zero-order valence-corrected chi connectivity index (χ0v) is 15.9. The summed E-state index contributed by atoms with van der Waals surface area (Å²) < 4.78 is 2.01. The number of fused-ring (bicyclic) bond motifs is 2. The van der Waals surface area contributed by atoms with Crippen molar-refractivity contribution in [1.29, 1.82) is 0 Å². The van der Waals surface area contributed by atoms with Crippen molar-refractivity contribution in [2.75, 3.05) is 5.32 Å². The average Bonchev–Trinajstić information content (AvgIpc) is 3.39. The summed E-state index contributed by atoms with van der Waals surface area (Å²) in [4.78, 5) is 9.16. The average molecular weight is 381 g/mol. The summed E-state index contributed by atoms with van der Waals surface area (Å²) in [5.41, 5.74) is 6.08. The van der Waals surface area contributed by atoms with Crippen LogP contribution in [-0.2, 0) is 0 Å². The zero-order chi connectivity index (χ0) is 19.4. The molecule has 0 aliphatic heterocycles. The van der Waals surface area contributed by atoms with Gasteiger partial charge in [-0.25, -0.2) is 9.97 Å². The number of aromatic nitrogens is 6. The largest absolute Gasteiger partial charge is 0.321 e. The molecular weight excluding hydrogens is 362 g/mol. The first kappa shape index (κ1) is 16.2. The molecule has 29 heavy (non-hydrogen) atoms. The number of aromatic amines is 1. The van der Waals surface area contributed by atoms with Crippen molar-refractivity contribution in [3.63, 3.8) is 0 Å². The molecule has 142 valence electrons. The lowest BCUT2D eigenvalue weighted by atomic mass is 10.0. The summed E-state index contributed by atoms with van der Waals surface area (Å²) >= 11 is 0. The van der Waals surface area contributed by atoms with Gasteiger partial charge in [-0.05, 0) is 43.0 Å². The zero-order valence-electron chi connectivity index (χ0n) is 15.9. The molecule has 1 fully saturated rings. The Bertz CT molecular complexity index is 1360. The highest BCUT2D eigenvalue weighted by atomic mass is 15.3. The molecule has 2 aromatic carbocycles. The van der Waals surface area contributed by atoms with Gasteiger partial charge in [0.25, 0.3) is 0 Å². The highest BCUT2D eigenvalue weighted by Crippen LogP contribution is 2.34. The van der Waals surface area contributed by atoms with Gasteiger partial charge in [-0.15, -0.1) is 0 Å². The molecule has 1 saturated carbocycles. The van der Waals surface area contributed by atoms with Gasteiger partial charge in [0.2, 0.25) is 5.95 Å². The van der Waals surface area contributed by atoms with Crippen LogP contribution in [0.25, 0.3) is 32.9 Å². The lowest BCUT2D eigenvalue weighted by Crippen LogP contribution is -1.97. The smallest absolute Gasteiger partial charge is 0.227 e. The summed E-state index contributed by atoms with van der Waals surface area (Å²) in [6.07, 6.45) is 8.10. The number of H-pyrrole nitrogens is 1. The second-order valence-corrected chi connectivity index (χ2v) is 7.61. The van der Waals surface area contributed by atoms with E-state index in [0.29, 0.717) is 12.0 Å². The lowest BCUT2D eigenvalue weighted by Gasteiger charge is -2.06. The number of nitrogens with one attached hydrogen (secondary N) is 2. The van der Waals surface area contributed by atoms with Gasteiger partial charge in [-0.3, -0.25) is 9.78 Å². The van der Waals surface area contributed by atoms with Crippen LogP contribution in [0.3, 0.4) is 0 Å². The second kappa shape index (κ2) is 6.13. The minimum Gasteiger partial charge on any atom is -0.321 e. The molecule has 1 aliphatic carbocycles. The van der Waals surface area contributed by atoms with Gasteiger partial charge in [0.15, 0.2) is 0 Å². The predicted octanol–water partition coefficient (Wildman–Crippen LogP) is 4.76. The van der Waals surface area contributed by atoms with Crippen molar-refractivity contribution in [3.05, 3.63) is 60.7 Å². The first-order valence-electron chi connectivity index (χ1n) is 9.76. The van der Waals surface area contributed by atoms with Crippen molar-refractivity contribution in [3.8, 4) is 11.1 Å². The first-order chi connectivity index (χ1) is 14.2. The third-order valence-electron chi connectivity index (χ3n) is 5.44. The standard InChI is InChI=1S/C22H19N7/c1-13-19-7-4-15(9-21(19)28-27-13)14-2-3-16-10-23-22(26-20(16)8-14)25-17-11-24-29(12-17)18-5-6-18/h2-4,7-12,18H,5-6H2,1H3,(H,27,28)(H,23,25,26). The molecule has 1 aliphatic rings. The molecule has 0 bridgehead atoms. The molecule has 3 heterocycles. The Labute approximate surface area is 166 Å². The van der Waals surface area contributed by atoms with E-state index in [2.05, 4.69) is 62.0 Å². The summed E-state index contributed by atoms with van der Waals surface area (Å²) in [5.74, 6) is 0.573. The van der Waals surface area contributed by atoms with Crippen molar-refractivity contribution in [2.45, 2.75) is 25.8 Å². The van der Waals surface area contributed by atoms with E-state index in [1.54, 1.807) is 0 Å². The number of nitrogens with zero attached hydrogens (tertiary/aromatic N) is 5. The van der Waals surface area contributed by atoms with Crippen molar-refractivity contribution >= 4 is 33.4 Å². The van der Waals surface area contributed by atoms with E-state index in [9.17, 15) is 0 Å². The Morgan fingerprint density at radius 3 is 2.72 bits per heavy atom. The number of hydrogen-bond donors (Lipinski definition) is 2. The number of benzene rings is 2. The molecule has 0 amide bonds. The van der Waals surface area contributed by atoms with E-state index in [1.165, 1.54) is 12.8 Å². The summed E-state index contributed by atoms with van der Waals surface area (Å²) in [5, 5.41) is 17.2. The minimum atomic E-state index is 0.557. The monoisotopic (exact) mass is 381 g/mol. The topological polar surface area (TPSA) is 84.3 Å². The molecule has 0 atom stereocenters. The number of aryl methyl sites for hydroxylation is 1. The molecule has 0 unspecified atom stereocenters. The molecule has 7 nitrogen and oxygen atoms in total. The van der Waals surface area contributed by atoms with Gasteiger partial charge in [-0.2, -0.15) is 10.2 Å². The van der Waals surface area contributed by atoms with E-state index in [-0.39, 0.29) is 0 Å². The Hall–Kier alpha value is -3.74. The minimum absolute atomic E-state index is 0.557. The van der Waals surface area contributed by atoms with Crippen LogP contribution in [0, 0.1) is 6.92 Å². The highest BCUT2D eigenvalue weighted by molar-refractivity contribution is 5.89. The van der Waals surface area contributed by atoms with Crippen LogP contribution in [0.5, 0.6) is 0 Å². The van der Waals surface area contributed by atoms with Crippen LogP contribution in [0.15, 0.2) is 55.0 Å². The van der Waals surface area contributed by atoms with Gasteiger partial charge in [0, 0.05) is 28.9 Å². The van der Waals surface area contributed by atoms with Crippen molar-refractivity contribution in [1.82, 2.24) is 29.9 Å². The first-order valence-corrected chi connectivity index (χ1v) is 9.76.